The molecular weight excluding hydrogens is 412 g/mol. The van der Waals surface area contributed by atoms with E-state index in [0.29, 0.717) is 30.7 Å². The van der Waals surface area contributed by atoms with E-state index >= 15 is 0 Å². The van der Waals surface area contributed by atoms with Gasteiger partial charge < -0.3 is 15.0 Å². The number of hydrogen-bond acceptors (Lipinski definition) is 6. The average Bonchev–Trinajstić information content (AvgIpc) is 2.79. The lowest BCUT2D eigenvalue weighted by atomic mass is 10.0. The summed E-state index contributed by atoms with van der Waals surface area (Å²) in [5, 5.41) is 14.5. The van der Waals surface area contributed by atoms with E-state index in [4.69, 9.17) is 4.74 Å². The van der Waals surface area contributed by atoms with Gasteiger partial charge in [-0.2, -0.15) is 0 Å². The Hall–Kier alpha value is -3.56. The summed E-state index contributed by atoms with van der Waals surface area (Å²) < 4.78 is 5.47. The van der Waals surface area contributed by atoms with Crippen LogP contribution in [0.3, 0.4) is 0 Å². The number of hydrogen-bond donors (Lipinski definition) is 2. The lowest BCUT2D eigenvalue weighted by molar-refractivity contribution is -0.384. The number of morpholine rings is 1. The summed E-state index contributed by atoms with van der Waals surface area (Å²) in [6.07, 6.45) is 0. The number of aromatic nitrogens is 1. The molecular formula is C23H24N4O5. The Morgan fingerprint density at radius 2 is 2.00 bits per heavy atom. The molecule has 1 aliphatic rings. The van der Waals surface area contributed by atoms with Crippen molar-refractivity contribution in [2.24, 2.45) is 0 Å². The minimum atomic E-state index is -0.529. The van der Waals surface area contributed by atoms with E-state index in [-0.39, 0.29) is 17.3 Å². The van der Waals surface area contributed by atoms with Gasteiger partial charge in [-0.05, 0) is 18.6 Å². The van der Waals surface area contributed by atoms with Crippen molar-refractivity contribution in [3.63, 3.8) is 0 Å². The van der Waals surface area contributed by atoms with Crippen LogP contribution >= 0.6 is 0 Å². The number of fused-ring (bicyclic) bond motifs is 1. The SMILES string of the molecule is Cc1cccc(C(CNC(=O)c2cc(=O)[nH]c3ccc([N+](=O)[O-])cc23)N2CCOCC2)c1. The fourth-order valence-corrected chi connectivity index (χ4v) is 4.05. The topological polar surface area (TPSA) is 118 Å². The van der Waals surface area contributed by atoms with Gasteiger partial charge in [0.05, 0.1) is 29.7 Å². The molecule has 0 radical (unpaired) electrons. The van der Waals surface area contributed by atoms with Crippen molar-refractivity contribution < 1.29 is 14.5 Å². The van der Waals surface area contributed by atoms with E-state index in [1.54, 1.807) is 0 Å². The van der Waals surface area contributed by atoms with Gasteiger partial charge in [-0.25, -0.2) is 0 Å². The van der Waals surface area contributed by atoms with E-state index in [9.17, 15) is 19.7 Å². The van der Waals surface area contributed by atoms with Crippen LogP contribution in [-0.4, -0.2) is 53.6 Å². The molecule has 4 rings (SSSR count). The Kier molecular flexibility index (Phi) is 6.29. The predicted octanol–water partition coefficient (Wildman–Crippen LogP) is 2.55. The minimum absolute atomic E-state index is 0.0645. The minimum Gasteiger partial charge on any atom is -0.379 e. The zero-order valence-electron chi connectivity index (χ0n) is 17.7. The fraction of sp³-hybridized carbons (Fsp3) is 0.304. The Labute approximate surface area is 184 Å². The molecule has 9 heteroatoms. The molecule has 2 aromatic carbocycles. The Morgan fingerprint density at radius 3 is 2.72 bits per heavy atom. The number of ether oxygens (including phenoxy) is 1. The highest BCUT2D eigenvalue weighted by atomic mass is 16.6. The van der Waals surface area contributed by atoms with E-state index in [1.807, 2.05) is 25.1 Å². The van der Waals surface area contributed by atoms with Crippen molar-refractivity contribution in [3.8, 4) is 0 Å². The second kappa shape index (κ2) is 9.29. The predicted molar refractivity (Wildman–Crippen MR) is 120 cm³/mol. The van der Waals surface area contributed by atoms with Gasteiger partial charge in [0.15, 0.2) is 0 Å². The van der Waals surface area contributed by atoms with Gasteiger partial charge in [0.2, 0.25) is 5.56 Å². The molecule has 32 heavy (non-hydrogen) atoms. The number of nitro groups is 1. The first-order chi connectivity index (χ1) is 15.4. The van der Waals surface area contributed by atoms with Crippen LogP contribution in [0.5, 0.6) is 0 Å². The van der Waals surface area contributed by atoms with Crippen LogP contribution in [0.1, 0.15) is 27.5 Å². The number of aryl methyl sites for hydroxylation is 1. The van der Waals surface area contributed by atoms with Crippen LogP contribution in [0.15, 0.2) is 53.3 Å². The molecule has 9 nitrogen and oxygen atoms in total. The molecule has 1 aliphatic heterocycles. The molecule has 2 N–H and O–H groups in total. The molecule has 1 amide bonds. The molecule has 2 heterocycles. The van der Waals surface area contributed by atoms with Crippen LogP contribution < -0.4 is 10.9 Å². The van der Waals surface area contributed by atoms with Gasteiger partial charge in [-0.15, -0.1) is 0 Å². The Balaban J connectivity index is 1.63. The van der Waals surface area contributed by atoms with Crippen molar-refractivity contribution in [3.05, 3.63) is 85.7 Å². The third-order valence-electron chi connectivity index (χ3n) is 5.65. The summed E-state index contributed by atoms with van der Waals surface area (Å²) >= 11 is 0. The number of nitro benzene ring substituents is 1. The number of nitrogens with one attached hydrogen (secondary N) is 2. The van der Waals surface area contributed by atoms with Crippen LogP contribution in [0.4, 0.5) is 5.69 Å². The first-order valence-electron chi connectivity index (χ1n) is 10.4. The second-order valence-corrected chi connectivity index (χ2v) is 7.82. The molecule has 0 bridgehead atoms. The summed E-state index contributed by atoms with van der Waals surface area (Å²) in [5.74, 6) is -0.451. The normalized spacial score (nSPS) is 15.4. The number of rotatable bonds is 6. The third-order valence-corrected chi connectivity index (χ3v) is 5.65. The van der Waals surface area contributed by atoms with Crippen LogP contribution in [0, 0.1) is 17.0 Å². The number of non-ortho nitro benzene ring substituents is 1. The summed E-state index contributed by atoms with van der Waals surface area (Å²) in [5.41, 5.74) is 2.09. The monoisotopic (exact) mass is 436 g/mol. The number of H-pyrrole nitrogens is 1. The first kappa shape index (κ1) is 21.7. The van der Waals surface area contributed by atoms with Crippen molar-refractivity contribution in [2.45, 2.75) is 13.0 Å². The molecule has 0 spiro atoms. The van der Waals surface area contributed by atoms with Crippen molar-refractivity contribution >= 4 is 22.5 Å². The lowest BCUT2D eigenvalue weighted by Gasteiger charge is -2.35. The van der Waals surface area contributed by atoms with E-state index in [0.717, 1.165) is 24.2 Å². The molecule has 1 aromatic heterocycles. The molecule has 1 fully saturated rings. The van der Waals surface area contributed by atoms with Crippen molar-refractivity contribution in [2.75, 3.05) is 32.8 Å². The highest BCUT2D eigenvalue weighted by Crippen LogP contribution is 2.24. The molecule has 166 valence electrons. The number of pyridine rings is 1. The quantitative estimate of drug-likeness (QED) is 0.453. The number of amides is 1. The lowest BCUT2D eigenvalue weighted by Crippen LogP contribution is -2.44. The van der Waals surface area contributed by atoms with Gasteiger partial charge >= 0.3 is 0 Å². The van der Waals surface area contributed by atoms with E-state index in [2.05, 4.69) is 21.3 Å². The summed E-state index contributed by atoms with van der Waals surface area (Å²) in [7, 11) is 0. The number of nitrogens with zero attached hydrogens (tertiary/aromatic N) is 2. The molecule has 0 aliphatic carbocycles. The second-order valence-electron chi connectivity index (χ2n) is 7.82. The first-order valence-corrected chi connectivity index (χ1v) is 10.4. The maximum Gasteiger partial charge on any atom is 0.270 e. The van der Waals surface area contributed by atoms with Crippen molar-refractivity contribution in [1.82, 2.24) is 15.2 Å². The molecule has 3 aromatic rings. The largest absolute Gasteiger partial charge is 0.379 e. The average molecular weight is 436 g/mol. The summed E-state index contributed by atoms with van der Waals surface area (Å²) in [6, 6.07) is 13.3. The number of aromatic amines is 1. The standard InChI is InChI=1S/C23H24N4O5/c1-15-3-2-4-16(11-15)21(26-7-9-32-10-8-26)14-24-23(29)19-13-22(28)25-20-6-5-17(27(30)31)12-18(19)20/h2-6,11-13,21H,7-10,14H2,1H3,(H,24,29)(H,25,28). The van der Waals surface area contributed by atoms with Crippen LogP contribution in [0.2, 0.25) is 0 Å². The maximum atomic E-state index is 13.1. The van der Waals surface area contributed by atoms with Gasteiger partial charge in [0.1, 0.15) is 0 Å². The van der Waals surface area contributed by atoms with E-state index < -0.39 is 16.4 Å². The molecule has 0 saturated carbocycles. The van der Waals surface area contributed by atoms with Crippen LogP contribution in [-0.2, 0) is 4.74 Å². The highest BCUT2D eigenvalue weighted by Gasteiger charge is 2.24. The van der Waals surface area contributed by atoms with Gasteiger partial charge in [-0.3, -0.25) is 24.6 Å². The van der Waals surface area contributed by atoms with Gasteiger partial charge in [0.25, 0.3) is 11.6 Å². The van der Waals surface area contributed by atoms with E-state index in [1.165, 1.54) is 24.3 Å². The fourth-order valence-electron chi connectivity index (χ4n) is 4.05. The molecule has 1 atom stereocenters. The molecule has 1 unspecified atom stereocenters. The van der Waals surface area contributed by atoms with Gasteiger partial charge in [0, 0.05) is 48.7 Å². The number of benzene rings is 2. The third kappa shape index (κ3) is 4.68. The zero-order valence-corrected chi connectivity index (χ0v) is 17.7. The van der Waals surface area contributed by atoms with Gasteiger partial charge in [-0.1, -0.05) is 29.8 Å². The maximum absolute atomic E-state index is 13.1. The summed E-state index contributed by atoms with van der Waals surface area (Å²) in [6.45, 7) is 5.08. The molecule has 1 saturated heterocycles. The highest BCUT2D eigenvalue weighted by molar-refractivity contribution is 6.06. The zero-order chi connectivity index (χ0) is 22.7. The number of carbonyl (C=O) groups excluding carboxylic acids is 1. The van der Waals surface area contributed by atoms with Crippen LogP contribution in [0.25, 0.3) is 10.9 Å². The Morgan fingerprint density at radius 1 is 1.22 bits per heavy atom. The number of carbonyl (C=O) groups is 1. The smallest absolute Gasteiger partial charge is 0.270 e. The Bertz CT molecular complexity index is 1220. The summed E-state index contributed by atoms with van der Waals surface area (Å²) in [4.78, 5) is 40.7. The van der Waals surface area contributed by atoms with Crippen molar-refractivity contribution in [1.29, 1.82) is 0 Å².